The largest absolute Gasteiger partial charge is 0.481 e. The molecule has 7 atom stereocenters. The number of carbonyl (C=O) groups excluding carboxylic acids is 2. The molecule has 0 bridgehead atoms. The Labute approximate surface area is 171 Å². The number of fused-ring (bicyclic) bond motifs is 5. The van der Waals surface area contributed by atoms with Gasteiger partial charge in [-0.15, -0.1) is 0 Å². The van der Waals surface area contributed by atoms with Crippen LogP contribution in [0.4, 0.5) is 0 Å². The molecule has 4 nitrogen and oxygen atoms in total. The molecule has 0 aromatic carbocycles. The quantitative estimate of drug-likeness (QED) is 0.735. The standard InChI is InChI=1S/C23H29ClO4/c1-12(25)21-13(9-20(27)28)8-17-15-11-19(24)18-10-14(26)4-6-22(18,2)16(15)5-7-23(17,21)3/h10-11,13,15-17,21H,4-9H2,1-3H3,(H,27,28). The number of carbonyl (C=O) groups is 3. The van der Waals surface area contributed by atoms with Crippen molar-refractivity contribution in [2.24, 2.45) is 40.4 Å². The number of ketones is 2. The second-order valence-corrected chi connectivity index (χ2v) is 10.4. The van der Waals surface area contributed by atoms with Crippen LogP contribution >= 0.6 is 11.6 Å². The number of allylic oxidation sites excluding steroid dienone is 4. The molecule has 0 aromatic rings. The van der Waals surface area contributed by atoms with Gasteiger partial charge < -0.3 is 5.11 Å². The first-order chi connectivity index (χ1) is 13.1. The van der Waals surface area contributed by atoms with E-state index in [0.29, 0.717) is 17.4 Å². The number of aliphatic carboxylic acids is 1. The average Bonchev–Trinajstić information content (AvgIpc) is 2.88. The Morgan fingerprint density at radius 1 is 1.25 bits per heavy atom. The fourth-order valence-corrected chi connectivity index (χ4v) is 7.89. The molecule has 0 aliphatic heterocycles. The van der Waals surface area contributed by atoms with Crippen molar-refractivity contribution in [3.05, 3.63) is 22.8 Å². The summed E-state index contributed by atoms with van der Waals surface area (Å²) in [5, 5.41) is 10.1. The van der Waals surface area contributed by atoms with Gasteiger partial charge in [-0.1, -0.05) is 31.5 Å². The third kappa shape index (κ3) is 2.74. The van der Waals surface area contributed by atoms with Crippen LogP contribution in [0.25, 0.3) is 0 Å². The molecule has 2 fully saturated rings. The molecular formula is C23H29ClO4. The first-order valence-corrected chi connectivity index (χ1v) is 10.8. The van der Waals surface area contributed by atoms with Gasteiger partial charge in [0.15, 0.2) is 5.78 Å². The first-order valence-electron chi connectivity index (χ1n) is 10.4. The van der Waals surface area contributed by atoms with Gasteiger partial charge in [-0.3, -0.25) is 14.4 Å². The van der Waals surface area contributed by atoms with E-state index < -0.39 is 5.97 Å². The monoisotopic (exact) mass is 404 g/mol. The Morgan fingerprint density at radius 2 is 1.96 bits per heavy atom. The van der Waals surface area contributed by atoms with E-state index in [1.54, 1.807) is 13.0 Å². The number of carboxylic acids is 1. The molecule has 28 heavy (non-hydrogen) atoms. The number of rotatable bonds is 3. The summed E-state index contributed by atoms with van der Waals surface area (Å²) in [6.45, 7) is 6.06. The summed E-state index contributed by atoms with van der Waals surface area (Å²) < 4.78 is 0. The molecule has 7 unspecified atom stereocenters. The third-order valence-corrected chi connectivity index (χ3v) is 8.94. The molecule has 0 radical (unpaired) electrons. The minimum absolute atomic E-state index is 0.0576. The van der Waals surface area contributed by atoms with Crippen LogP contribution in [-0.2, 0) is 14.4 Å². The van der Waals surface area contributed by atoms with Crippen LogP contribution in [0.2, 0.25) is 0 Å². The number of Topliss-reactive ketones (excluding diaryl/α,β-unsaturated/α-hetero) is 1. The lowest BCUT2D eigenvalue weighted by Crippen LogP contribution is -2.50. The fraction of sp³-hybridized carbons (Fsp3) is 0.696. The zero-order valence-electron chi connectivity index (χ0n) is 16.8. The third-order valence-electron chi connectivity index (χ3n) is 8.61. The van der Waals surface area contributed by atoms with Gasteiger partial charge >= 0.3 is 5.97 Å². The second-order valence-electron chi connectivity index (χ2n) is 9.97. The van der Waals surface area contributed by atoms with Gasteiger partial charge in [0, 0.05) is 23.8 Å². The maximum Gasteiger partial charge on any atom is 0.303 e. The SMILES string of the molecule is CC(=O)C1C(CC(=O)O)CC2C3C=C(Cl)C4=CC(=O)CCC4(C)C3CCC21C. The summed E-state index contributed by atoms with van der Waals surface area (Å²) in [5.74, 6) is 0.0381. The number of carboxylic acid groups (broad SMARTS) is 1. The van der Waals surface area contributed by atoms with Gasteiger partial charge in [0.05, 0.1) is 0 Å². The highest BCUT2D eigenvalue weighted by Gasteiger charge is 2.62. The average molecular weight is 405 g/mol. The molecule has 152 valence electrons. The Kier molecular flexibility index (Phi) is 4.65. The lowest BCUT2D eigenvalue weighted by atomic mass is 9.48. The highest BCUT2D eigenvalue weighted by molar-refractivity contribution is 6.32. The van der Waals surface area contributed by atoms with Crippen molar-refractivity contribution >= 4 is 29.1 Å². The van der Waals surface area contributed by atoms with E-state index in [9.17, 15) is 19.5 Å². The molecule has 0 amide bonds. The fourth-order valence-electron chi connectivity index (χ4n) is 7.48. The van der Waals surface area contributed by atoms with E-state index in [0.717, 1.165) is 31.3 Å². The van der Waals surface area contributed by atoms with Gasteiger partial charge in [-0.05, 0) is 78.8 Å². The summed E-state index contributed by atoms with van der Waals surface area (Å²) in [6, 6.07) is 0. The molecular weight excluding hydrogens is 376 g/mol. The Bertz CT molecular complexity index is 811. The van der Waals surface area contributed by atoms with E-state index in [1.807, 2.05) is 0 Å². The van der Waals surface area contributed by atoms with Gasteiger partial charge in [0.25, 0.3) is 0 Å². The number of hydrogen-bond acceptors (Lipinski definition) is 3. The van der Waals surface area contributed by atoms with Crippen molar-refractivity contribution in [3.63, 3.8) is 0 Å². The van der Waals surface area contributed by atoms with Gasteiger partial charge in [-0.2, -0.15) is 0 Å². The normalized spacial score (nSPS) is 44.7. The van der Waals surface area contributed by atoms with Crippen LogP contribution in [0.5, 0.6) is 0 Å². The smallest absolute Gasteiger partial charge is 0.303 e. The Morgan fingerprint density at radius 3 is 2.61 bits per heavy atom. The summed E-state index contributed by atoms with van der Waals surface area (Å²) in [7, 11) is 0. The molecule has 0 heterocycles. The van der Waals surface area contributed by atoms with E-state index in [1.165, 1.54) is 0 Å². The van der Waals surface area contributed by atoms with E-state index in [-0.39, 0.29) is 52.5 Å². The van der Waals surface area contributed by atoms with E-state index >= 15 is 0 Å². The lowest BCUT2D eigenvalue weighted by Gasteiger charge is -2.56. The maximum absolute atomic E-state index is 12.6. The minimum atomic E-state index is -0.824. The zero-order chi connectivity index (χ0) is 20.4. The van der Waals surface area contributed by atoms with Crippen molar-refractivity contribution in [2.45, 2.75) is 59.3 Å². The Hall–Kier alpha value is -1.42. The van der Waals surface area contributed by atoms with Crippen molar-refractivity contribution < 1.29 is 19.5 Å². The molecule has 0 aromatic heterocycles. The molecule has 0 spiro atoms. The van der Waals surface area contributed by atoms with Gasteiger partial charge in [-0.25, -0.2) is 0 Å². The number of halogens is 1. The highest BCUT2D eigenvalue weighted by atomic mass is 35.5. The van der Waals surface area contributed by atoms with Crippen LogP contribution in [0.1, 0.15) is 59.3 Å². The van der Waals surface area contributed by atoms with E-state index in [2.05, 4.69) is 19.9 Å². The summed E-state index contributed by atoms with van der Waals surface area (Å²) in [6.07, 6.45) is 8.00. The lowest BCUT2D eigenvalue weighted by molar-refractivity contribution is -0.139. The summed E-state index contributed by atoms with van der Waals surface area (Å²) >= 11 is 6.70. The van der Waals surface area contributed by atoms with Crippen molar-refractivity contribution in [1.29, 1.82) is 0 Å². The predicted molar refractivity (Wildman–Crippen MR) is 107 cm³/mol. The Balaban J connectivity index is 1.77. The van der Waals surface area contributed by atoms with Crippen LogP contribution in [0.15, 0.2) is 22.8 Å². The molecule has 4 rings (SSSR count). The highest BCUT2D eigenvalue weighted by Crippen LogP contribution is 2.67. The topological polar surface area (TPSA) is 71.4 Å². The number of hydrogen-bond donors (Lipinski definition) is 1. The maximum atomic E-state index is 12.6. The predicted octanol–water partition coefficient (Wildman–Crippen LogP) is 4.77. The first kappa shape index (κ1) is 19.9. The molecule has 1 N–H and O–H groups in total. The minimum Gasteiger partial charge on any atom is -0.481 e. The van der Waals surface area contributed by atoms with Crippen LogP contribution in [-0.4, -0.2) is 22.6 Å². The molecule has 5 heteroatoms. The second kappa shape index (κ2) is 6.55. The van der Waals surface area contributed by atoms with Crippen LogP contribution in [0, 0.1) is 40.4 Å². The molecule has 4 aliphatic carbocycles. The summed E-state index contributed by atoms with van der Waals surface area (Å²) in [5.41, 5.74) is 0.698. The van der Waals surface area contributed by atoms with Crippen LogP contribution < -0.4 is 0 Å². The van der Waals surface area contributed by atoms with Gasteiger partial charge in [0.1, 0.15) is 5.78 Å². The van der Waals surface area contributed by atoms with E-state index in [4.69, 9.17) is 11.6 Å². The molecule has 0 saturated heterocycles. The summed E-state index contributed by atoms with van der Waals surface area (Å²) in [4.78, 5) is 36.0. The van der Waals surface area contributed by atoms with Crippen molar-refractivity contribution in [2.75, 3.05) is 0 Å². The van der Waals surface area contributed by atoms with Crippen molar-refractivity contribution in [1.82, 2.24) is 0 Å². The van der Waals surface area contributed by atoms with Gasteiger partial charge in [0.2, 0.25) is 0 Å². The zero-order valence-corrected chi connectivity index (χ0v) is 17.6. The van der Waals surface area contributed by atoms with Crippen molar-refractivity contribution in [3.8, 4) is 0 Å². The molecule has 4 aliphatic rings. The molecule has 2 saturated carbocycles. The van der Waals surface area contributed by atoms with Crippen LogP contribution in [0.3, 0.4) is 0 Å².